The van der Waals surface area contributed by atoms with E-state index in [2.05, 4.69) is 22.0 Å². The molecule has 5 nitrogen and oxygen atoms in total. The summed E-state index contributed by atoms with van der Waals surface area (Å²) < 4.78 is 10.8. The van der Waals surface area contributed by atoms with Crippen molar-refractivity contribution in [1.82, 2.24) is 15.1 Å². The van der Waals surface area contributed by atoms with Crippen molar-refractivity contribution in [3.8, 4) is 0 Å². The molecular weight excluding hydrogens is 262 g/mol. The Morgan fingerprint density at radius 2 is 2.11 bits per heavy atom. The van der Waals surface area contributed by atoms with Crippen LogP contribution in [-0.4, -0.2) is 15.1 Å². The number of para-hydroxylation sites is 2. The van der Waals surface area contributed by atoms with Crippen molar-refractivity contribution in [2.75, 3.05) is 0 Å². The lowest BCUT2D eigenvalue weighted by molar-refractivity contribution is 0.384. The predicted molar refractivity (Wildman–Crippen MR) is 71.9 cm³/mol. The van der Waals surface area contributed by atoms with Gasteiger partial charge in [0.05, 0.1) is 5.75 Å². The second-order valence-electron chi connectivity index (χ2n) is 4.09. The number of nitrogens with zero attached hydrogens (tertiary/aromatic N) is 3. The van der Waals surface area contributed by atoms with Crippen LogP contribution in [0.5, 0.6) is 0 Å². The topological polar surface area (TPSA) is 65.0 Å². The third-order valence-electron chi connectivity index (χ3n) is 2.58. The fourth-order valence-electron chi connectivity index (χ4n) is 1.71. The Kier molecular flexibility index (Phi) is 3.50. The lowest BCUT2D eigenvalue weighted by Crippen LogP contribution is -1.86. The lowest BCUT2D eigenvalue weighted by atomic mass is 10.3. The third kappa shape index (κ3) is 2.78. The van der Waals surface area contributed by atoms with Crippen LogP contribution in [0.4, 0.5) is 0 Å². The highest BCUT2D eigenvalue weighted by atomic mass is 32.2. The third-order valence-corrected chi connectivity index (χ3v) is 3.39. The monoisotopic (exact) mass is 275 g/mol. The van der Waals surface area contributed by atoms with Gasteiger partial charge in [0.2, 0.25) is 5.89 Å². The van der Waals surface area contributed by atoms with E-state index in [0.717, 1.165) is 29.8 Å². The van der Waals surface area contributed by atoms with Gasteiger partial charge in [-0.05, 0) is 18.6 Å². The van der Waals surface area contributed by atoms with E-state index in [4.69, 9.17) is 8.94 Å². The van der Waals surface area contributed by atoms with Crippen LogP contribution in [0.15, 0.2) is 38.4 Å². The van der Waals surface area contributed by atoms with Crippen LogP contribution >= 0.6 is 11.8 Å². The highest BCUT2D eigenvalue weighted by Gasteiger charge is 2.10. The molecule has 0 saturated heterocycles. The van der Waals surface area contributed by atoms with Crippen molar-refractivity contribution in [2.45, 2.75) is 30.7 Å². The molecule has 0 atom stereocenters. The first-order valence-electron chi connectivity index (χ1n) is 6.15. The highest BCUT2D eigenvalue weighted by molar-refractivity contribution is 7.98. The average molecular weight is 275 g/mol. The van der Waals surface area contributed by atoms with Gasteiger partial charge in [-0.15, -0.1) is 0 Å². The average Bonchev–Trinajstić information content (AvgIpc) is 3.02. The smallest absolute Gasteiger partial charge is 0.257 e. The first kappa shape index (κ1) is 12.2. The Labute approximate surface area is 114 Å². The lowest BCUT2D eigenvalue weighted by Gasteiger charge is -1.89. The van der Waals surface area contributed by atoms with Crippen molar-refractivity contribution >= 4 is 22.9 Å². The van der Waals surface area contributed by atoms with Gasteiger partial charge >= 0.3 is 0 Å². The first-order chi connectivity index (χ1) is 9.35. The predicted octanol–water partition coefficient (Wildman–Crippen LogP) is 3.46. The summed E-state index contributed by atoms with van der Waals surface area (Å²) in [4.78, 5) is 8.68. The molecular formula is C13H13N3O2S. The number of oxazole rings is 1. The van der Waals surface area contributed by atoms with Gasteiger partial charge in [0.1, 0.15) is 5.52 Å². The maximum Gasteiger partial charge on any atom is 0.257 e. The molecule has 0 radical (unpaired) electrons. The molecule has 1 aromatic carbocycles. The molecule has 0 spiro atoms. The second-order valence-corrected chi connectivity index (χ2v) is 5.02. The molecule has 2 aromatic heterocycles. The summed E-state index contributed by atoms with van der Waals surface area (Å²) in [6.45, 7) is 2.09. The normalized spacial score (nSPS) is 11.2. The molecule has 0 amide bonds. The van der Waals surface area contributed by atoms with E-state index in [1.54, 1.807) is 0 Å². The zero-order valence-electron chi connectivity index (χ0n) is 10.5. The summed E-state index contributed by atoms with van der Waals surface area (Å²) in [7, 11) is 0. The minimum absolute atomic E-state index is 0.573. The maximum atomic E-state index is 5.61. The van der Waals surface area contributed by atoms with Gasteiger partial charge in [-0.3, -0.25) is 0 Å². The summed E-state index contributed by atoms with van der Waals surface area (Å²) in [6.07, 6.45) is 1.86. The van der Waals surface area contributed by atoms with Crippen molar-refractivity contribution in [2.24, 2.45) is 0 Å². The van der Waals surface area contributed by atoms with Gasteiger partial charge in [-0.2, -0.15) is 4.98 Å². The second kappa shape index (κ2) is 5.44. The molecule has 98 valence electrons. The number of thioether (sulfide) groups is 1. The molecule has 6 heteroatoms. The summed E-state index contributed by atoms with van der Waals surface area (Å²) in [6, 6.07) is 7.69. The van der Waals surface area contributed by atoms with Gasteiger partial charge in [0, 0.05) is 6.42 Å². The molecule has 19 heavy (non-hydrogen) atoms. The minimum Gasteiger partial charge on any atom is -0.431 e. The molecule has 0 saturated carbocycles. The largest absolute Gasteiger partial charge is 0.431 e. The van der Waals surface area contributed by atoms with E-state index < -0.39 is 0 Å². The molecule has 2 heterocycles. The van der Waals surface area contributed by atoms with E-state index in [1.807, 2.05) is 24.3 Å². The molecule has 0 aliphatic heterocycles. The zero-order valence-corrected chi connectivity index (χ0v) is 11.3. The molecule has 0 aliphatic rings. The van der Waals surface area contributed by atoms with E-state index in [0.29, 0.717) is 16.9 Å². The van der Waals surface area contributed by atoms with Crippen LogP contribution in [0.3, 0.4) is 0 Å². The van der Waals surface area contributed by atoms with Crippen molar-refractivity contribution < 1.29 is 8.94 Å². The van der Waals surface area contributed by atoms with Gasteiger partial charge in [0.15, 0.2) is 11.4 Å². The fraction of sp³-hybridized carbons (Fsp3) is 0.308. The van der Waals surface area contributed by atoms with E-state index in [1.165, 1.54) is 11.8 Å². The number of rotatable bonds is 5. The molecule has 3 aromatic rings. The Balaban J connectivity index is 1.67. The van der Waals surface area contributed by atoms with Gasteiger partial charge in [-0.1, -0.05) is 36.0 Å². The summed E-state index contributed by atoms with van der Waals surface area (Å²) in [5.74, 6) is 1.94. The molecule has 0 fully saturated rings. The Morgan fingerprint density at radius 3 is 2.95 bits per heavy atom. The van der Waals surface area contributed by atoms with E-state index >= 15 is 0 Å². The SMILES string of the molecule is CCCc1noc(CSc2nc3ccccc3o2)n1. The van der Waals surface area contributed by atoms with Crippen molar-refractivity contribution in [3.63, 3.8) is 0 Å². The number of fused-ring (bicyclic) bond motifs is 1. The molecule has 0 aliphatic carbocycles. The van der Waals surface area contributed by atoms with E-state index in [-0.39, 0.29) is 0 Å². The minimum atomic E-state index is 0.573. The van der Waals surface area contributed by atoms with Crippen LogP contribution in [0, 0.1) is 0 Å². The fourth-order valence-corrected chi connectivity index (χ4v) is 2.39. The van der Waals surface area contributed by atoms with Crippen molar-refractivity contribution in [3.05, 3.63) is 36.0 Å². The van der Waals surface area contributed by atoms with Gasteiger partial charge in [-0.25, -0.2) is 4.98 Å². The van der Waals surface area contributed by atoms with Gasteiger partial charge in [0.25, 0.3) is 5.22 Å². The molecule has 0 unspecified atom stereocenters. The summed E-state index contributed by atoms with van der Waals surface area (Å²) >= 11 is 1.46. The van der Waals surface area contributed by atoms with Crippen molar-refractivity contribution in [1.29, 1.82) is 0 Å². The number of hydrogen-bond acceptors (Lipinski definition) is 6. The quantitative estimate of drug-likeness (QED) is 0.664. The number of benzene rings is 1. The molecule has 0 N–H and O–H groups in total. The molecule has 3 rings (SSSR count). The summed E-state index contributed by atoms with van der Waals surface area (Å²) in [5.41, 5.74) is 1.66. The Morgan fingerprint density at radius 1 is 1.21 bits per heavy atom. The van der Waals surface area contributed by atoms with Crippen LogP contribution in [0.1, 0.15) is 25.1 Å². The van der Waals surface area contributed by atoms with Crippen LogP contribution in [-0.2, 0) is 12.2 Å². The van der Waals surface area contributed by atoms with Crippen LogP contribution < -0.4 is 0 Å². The maximum absolute atomic E-state index is 5.61. The zero-order chi connectivity index (χ0) is 13.1. The first-order valence-corrected chi connectivity index (χ1v) is 7.13. The van der Waals surface area contributed by atoms with E-state index in [9.17, 15) is 0 Å². The molecule has 0 bridgehead atoms. The number of aryl methyl sites for hydroxylation is 1. The van der Waals surface area contributed by atoms with Crippen LogP contribution in [0.2, 0.25) is 0 Å². The Hall–Kier alpha value is -1.82. The number of hydrogen-bond donors (Lipinski definition) is 0. The van der Waals surface area contributed by atoms with Gasteiger partial charge < -0.3 is 8.94 Å². The summed E-state index contributed by atoms with van der Waals surface area (Å²) in [5, 5.41) is 4.53. The Bertz CT molecular complexity index is 644. The van der Waals surface area contributed by atoms with Crippen LogP contribution in [0.25, 0.3) is 11.1 Å². The standard InChI is InChI=1S/C13H13N3O2S/c1-2-5-11-15-12(18-16-11)8-19-13-14-9-6-3-4-7-10(9)17-13/h3-4,6-7H,2,5,8H2,1H3. The number of aromatic nitrogens is 3. The highest BCUT2D eigenvalue weighted by Crippen LogP contribution is 2.25.